The molecule has 5 rings (SSSR count). The zero-order valence-corrected chi connectivity index (χ0v) is 35.6. The lowest BCUT2D eigenvalue weighted by Crippen LogP contribution is -2.56. The van der Waals surface area contributed by atoms with Crippen LogP contribution in [0.25, 0.3) is 11.3 Å². The third-order valence-electron chi connectivity index (χ3n) is 10.9. The number of nitrogen functional groups attached to an aromatic ring is 1. The second kappa shape index (κ2) is 20.3. The van der Waals surface area contributed by atoms with Crippen molar-refractivity contribution < 1.29 is 29.0 Å². The number of anilines is 1. The molecule has 320 valence electrons. The summed E-state index contributed by atoms with van der Waals surface area (Å²) >= 11 is 0. The zero-order chi connectivity index (χ0) is 43.5. The van der Waals surface area contributed by atoms with Gasteiger partial charge in [0, 0.05) is 49.5 Å². The van der Waals surface area contributed by atoms with E-state index in [2.05, 4.69) is 26.3 Å². The quantitative estimate of drug-likeness (QED) is 0.0674. The number of carbonyl (C=O) groups is 4. The second-order valence-corrected chi connectivity index (χ2v) is 17.6. The number of alkyl carbamates (subject to hydrolysis) is 1. The first kappa shape index (κ1) is 45.1. The Hall–Kier alpha value is -5.95. The molecule has 0 bridgehead atoms. The summed E-state index contributed by atoms with van der Waals surface area (Å²) in [5, 5.41) is 24.2. The number of nitrogens with zero attached hydrogens (tertiary/aromatic N) is 2. The average Bonchev–Trinajstić information content (AvgIpc) is 3.54. The summed E-state index contributed by atoms with van der Waals surface area (Å²) in [6.07, 6.45) is 1.02. The van der Waals surface area contributed by atoms with Gasteiger partial charge in [-0.05, 0) is 71.0 Å². The highest BCUT2D eigenvalue weighted by molar-refractivity contribution is 5.84. The maximum atomic E-state index is 14.7. The first-order valence-corrected chi connectivity index (χ1v) is 20.5. The van der Waals surface area contributed by atoms with Gasteiger partial charge in [-0.2, -0.15) is 0 Å². The second-order valence-electron chi connectivity index (χ2n) is 17.6. The summed E-state index contributed by atoms with van der Waals surface area (Å²) in [6, 6.07) is 28.7. The molecule has 1 aromatic heterocycles. The number of rotatable bonds is 18. The number of aliphatic hydroxyl groups excluding tert-OH is 1. The molecule has 5 unspecified atom stereocenters. The number of amides is 5. The van der Waals surface area contributed by atoms with Crippen molar-refractivity contribution in [3.63, 3.8) is 0 Å². The van der Waals surface area contributed by atoms with Gasteiger partial charge in [-0.25, -0.2) is 9.59 Å². The summed E-state index contributed by atoms with van der Waals surface area (Å²) in [7, 11) is 1.29. The molecule has 2 heterocycles. The Morgan fingerprint density at radius 2 is 1.58 bits per heavy atom. The normalized spacial score (nSPS) is 16.2. The maximum absolute atomic E-state index is 14.7. The largest absolute Gasteiger partial charge is 0.453 e. The Kier molecular flexibility index (Phi) is 15.3. The smallest absolute Gasteiger partial charge is 0.406 e. The van der Waals surface area contributed by atoms with Crippen LogP contribution in [0.5, 0.6) is 0 Å². The molecule has 0 aliphatic carbocycles. The Morgan fingerprint density at radius 1 is 0.900 bits per heavy atom. The summed E-state index contributed by atoms with van der Waals surface area (Å²) in [4.78, 5) is 59.7. The number of hydrogen-bond acceptors (Lipinski definition) is 8. The highest BCUT2D eigenvalue weighted by Gasteiger charge is 2.46. The molecule has 0 saturated carbocycles. The van der Waals surface area contributed by atoms with Gasteiger partial charge in [-0.1, -0.05) is 107 Å². The third-order valence-corrected chi connectivity index (χ3v) is 10.9. The van der Waals surface area contributed by atoms with Gasteiger partial charge in [-0.15, -0.1) is 0 Å². The fraction of sp³-hybridized carbons (Fsp3) is 0.426. The lowest BCUT2D eigenvalue weighted by atomic mass is 9.75. The fourth-order valence-electron chi connectivity index (χ4n) is 7.94. The van der Waals surface area contributed by atoms with Crippen molar-refractivity contribution >= 4 is 29.6 Å². The molecule has 7 N–H and O–H groups in total. The molecule has 1 aliphatic heterocycles. The van der Waals surface area contributed by atoms with Crippen molar-refractivity contribution in [2.24, 2.45) is 16.7 Å². The molecule has 60 heavy (non-hydrogen) atoms. The molecule has 1 aliphatic rings. The lowest BCUT2D eigenvalue weighted by Gasteiger charge is -2.39. The molecule has 0 spiro atoms. The van der Waals surface area contributed by atoms with Crippen molar-refractivity contribution in [1.29, 1.82) is 0 Å². The molecular formula is C47H61N7O6. The van der Waals surface area contributed by atoms with Crippen molar-refractivity contribution in [2.75, 3.05) is 25.9 Å². The topological polar surface area (TPSA) is 188 Å². The molecule has 0 radical (unpaired) electrons. The summed E-state index contributed by atoms with van der Waals surface area (Å²) in [5.41, 5.74) is 9.96. The molecule has 1 saturated heterocycles. The van der Waals surface area contributed by atoms with Crippen LogP contribution >= 0.6 is 0 Å². The number of pyridine rings is 1. The molecule has 5 amide bonds. The van der Waals surface area contributed by atoms with Gasteiger partial charge in [0.1, 0.15) is 0 Å². The Labute approximate surface area is 353 Å². The van der Waals surface area contributed by atoms with E-state index in [9.17, 15) is 24.3 Å². The van der Waals surface area contributed by atoms with Crippen LogP contribution < -0.4 is 27.0 Å². The van der Waals surface area contributed by atoms with Gasteiger partial charge in [0.05, 0.1) is 36.9 Å². The van der Waals surface area contributed by atoms with E-state index in [4.69, 9.17) is 10.5 Å². The van der Waals surface area contributed by atoms with Gasteiger partial charge >= 0.3 is 12.1 Å². The van der Waals surface area contributed by atoms with Crippen LogP contribution in [0.3, 0.4) is 0 Å². The summed E-state index contributed by atoms with van der Waals surface area (Å²) < 4.78 is 4.72. The number of aromatic nitrogens is 1. The molecule has 5 atom stereocenters. The Bertz CT molecular complexity index is 2040. The maximum Gasteiger partial charge on any atom is 0.406 e. The minimum Gasteiger partial charge on any atom is -0.453 e. The molecule has 13 nitrogen and oxygen atoms in total. The monoisotopic (exact) mass is 819 g/mol. The van der Waals surface area contributed by atoms with E-state index in [0.29, 0.717) is 18.5 Å². The van der Waals surface area contributed by atoms with Crippen LogP contribution in [0.2, 0.25) is 0 Å². The number of aliphatic hydroxyl groups is 1. The molecule has 3 aromatic carbocycles. The van der Waals surface area contributed by atoms with Crippen LogP contribution in [0.4, 0.5) is 15.3 Å². The van der Waals surface area contributed by atoms with E-state index in [1.54, 1.807) is 17.2 Å². The van der Waals surface area contributed by atoms with E-state index in [0.717, 1.165) is 27.9 Å². The molecule has 4 aromatic rings. The number of nitrogens with one attached hydrogen (secondary N) is 4. The highest BCUT2D eigenvalue weighted by Crippen LogP contribution is 2.34. The van der Waals surface area contributed by atoms with Gasteiger partial charge < -0.3 is 41.7 Å². The third kappa shape index (κ3) is 13.0. The van der Waals surface area contributed by atoms with Crippen LogP contribution in [0.15, 0.2) is 103 Å². The van der Waals surface area contributed by atoms with E-state index < -0.39 is 47.1 Å². The minimum absolute atomic E-state index is 0.0971. The predicted molar refractivity (Wildman–Crippen MR) is 233 cm³/mol. The van der Waals surface area contributed by atoms with Crippen LogP contribution in [0, 0.1) is 16.7 Å². The number of ether oxygens (including phenoxy) is 1. The fourth-order valence-corrected chi connectivity index (χ4v) is 7.94. The van der Waals surface area contributed by atoms with E-state index in [1.165, 1.54) is 7.11 Å². The SMILES string of the molecule is COC(=O)NCC(C)(C)CC(=O)NC(Cc1ccc(-c2ccccn2)cc1)CC(O)C(Cc1ccccc1)NC(=O)C(C1CNC(=O)N1Cc1cccc(N)c1)C(C)(C)C. The van der Waals surface area contributed by atoms with E-state index in [1.807, 2.05) is 126 Å². The van der Waals surface area contributed by atoms with E-state index >= 15 is 0 Å². The van der Waals surface area contributed by atoms with Crippen molar-refractivity contribution in [1.82, 2.24) is 31.2 Å². The standard InChI is InChI=1S/C47H61N7O6/c1-46(2,3)42(39-28-50-44(58)54(39)29-33-15-12-16-35(48)23-33)43(57)53-38(25-31-13-8-7-9-14-31)40(55)26-36(52-41(56)27-47(4,5)30-51-45(59)60-6)24-32-18-20-34(21-19-32)37-17-10-11-22-49-37/h7-23,36,38-40,42,55H,24-30,48H2,1-6H3,(H,50,58)(H,51,59)(H,52,56)(H,53,57). The molecular weight excluding hydrogens is 759 g/mol. The summed E-state index contributed by atoms with van der Waals surface area (Å²) in [5.74, 6) is -1.19. The number of benzene rings is 3. The number of nitrogens with two attached hydrogens (primary N) is 1. The first-order valence-electron chi connectivity index (χ1n) is 20.5. The predicted octanol–water partition coefficient (Wildman–Crippen LogP) is 5.87. The average molecular weight is 820 g/mol. The van der Waals surface area contributed by atoms with Gasteiger partial charge in [0.25, 0.3) is 0 Å². The zero-order valence-electron chi connectivity index (χ0n) is 35.6. The van der Waals surface area contributed by atoms with Crippen molar-refractivity contribution in [3.8, 4) is 11.3 Å². The van der Waals surface area contributed by atoms with Gasteiger partial charge in [-0.3, -0.25) is 14.6 Å². The van der Waals surface area contributed by atoms with Crippen LogP contribution in [-0.2, 0) is 33.7 Å². The number of carbonyl (C=O) groups excluding carboxylic acids is 4. The van der Waals surface area contributed by atoms with Crippen LogP contribution in [0.1, 0.15) is 64.2 Å². The van der Waals surface area contributed by atoms with Crippen molar-refractivity contribution in [3.05, 3.63) is 120 Å². The number of hydrogen-bond donors (Lipinski definition) is 6. The van der Waals surface area contributed by atoms with Gasteiger partial charge in [0.2, 0.25) is 11.8 Å². The number of urea groups is 1. The van der Waals surface area contributed by atoms with Gasteiger partial charge in [0.15, 0.2) is 0 Å². The Morgan fingerprint density at radius 3 is 2.23 bits per heavy atom. The Balaban J connectivity index is 1.40. The summed E-state index contributed by atoms with van der Waals surface area (Å²) in [6.45, 7) is 10.5. The molecule has 1 fully saturated rings. The molecule has 13 heteroatoms. The highest BCUT2D eigenvalue weighted by atomic mass is 16.5. The lowest BCUT2D eigenvalue weighted by molar-refractivity contribution is -0.132. The first-order chi connectivity index (χ1) is 28.5. The number of methoxy groups -OCH3 is 1. The van der Waals surface area contributed by atoms with Crippen molar-refractivity contribution in [2.45, 2.75) is 91.1 Å². The minimum atomic E-state index is -1.09. The van der Waals surface area contributed by atoms with E-state index in [-0.39, 0.29) is 50.3 Å². The van der Waals surface area contributed by atoms with Crippen LogP contribution in [-0.4, -0.2) is 83.4 Å².